The number of hydrogen-bond acceptors (Lipinski definition) is 2. The molecule has 0 saturated heterocycles. The third kappa shape index (κ3) is 3.39. The van der Waals surface area contributed by atoms with E-state index in [9.17, 15) is 13.2 Å². The van der Waals surface area contributed by atoms with Gasteiger partial charge in [0.1, 0.15) is 11.6 Å². The Morgan fingerprint density at radius 3 is 2.33 bits per heavy atom. The van der Waals surface area contributed by atoms with Crippen LogP contribution in [-0.4, -0.2) is 0 Å². The molecular weight excluding hydrogens is 347 g/mol. The van der Waals surface area contributed by atoms with Crippen LogP contribution in [0.1, 0.15) is 24.1 Å². The molecule has 0 aliphatic carbocycles. The second-order valence-corrected chi connectivity index (χ2v) is 5.65. The molecule has 6 heteroatoms. The predicted octanol–water partition coefficient (Wildman–Crippen LogP) is 4.99. The van der Waals surface area contributed by atoms with Gasteiger partial charge < -0.3 is 10.5 Å². The van der Waals surface area contributed by atoms with E-state index in [1.807, 2.05) is 0 Å². The van der Waals surface area contributed by atoms with Gasteiger partial charge in [-0.25, -0.2) is 8.78 Å². The molecule has 0 fully saturated rings. The third-order valence-corrected chi connectivity index (χ3v) is 3.42. The van der Waals surface area contributed by atoms with Gasteiger partial charge in [0, 0.05) is 16.1 Å². The summed E-state index contributed by atoms with van der Waals surface area (Å²) in [6.07, 6.45) is 0. The third-order valence-electron chi connectivity index (χ3n) is 2.96. The van der Waals surface area contributed by atoms with Crippen LogP contribution < -0.4 is 10.5 Å². The van der Waals surface area contributed by atoms with Crippen molar-refractivity contribution in [1.29, 1.82) is 0 Å². The number of rotatable bonds is 3. The maximum Gasteiger partial charge on any atom is 0.201 e. The molecule has 0 aromatic heterocycles. The van der Waals surface area contributed by atoms with E-state index in [1.54, 1.807) is 13.8 Å². The topological polar surface area (TPSA) is 35.2 Å². The molecule has 2 N–H and O–H groups in total. The van der Waals surface area contributed by atoms with Crippen LogP contribution in [0.4, 0.5) is 13.2 Å². The molecule has 0 unspecified atom stereocenters. The Morgan fingerprint density at radius 2 is 1.71 bits per heavy atom. The number of nitrogens with two attached hydrogens (primary N) is 1. The molecule has 0 aliphatic heterocycles. The Kier molecular flexibility index (Phi) is 4.58. The molecule has 0 heterocycles. The van der Waals surface area contributed by atoms with Crippen LogP contribution >= 0.6 is 15.9 Å². The first kappa shape index (κ1) is 15.9. The van der Waals surface area contributed by atoms with Crippen molar-refractivity contribution in [1.82, 2.24) is 0 Å². The van der Waals surface area contributed by atoms with E-state index in [0.717, 1.165) is 6.07 Å². The highest BCUT2D eigenvalue weighted by molar-refractivity contribution is 9.10. The molecule has 0 aliphatic rings. The summed E-state index contributed by atoms with van der Waals surface area (Å²) in [5.41, 5.74) is 6.46. The summed E-state index contributed by atoms with van der Waals surface area (Å²) in [7, 11) is 0. The second kappa shape index (κ2) is 6.07. The van der Waals surface area contributed by atoms with Crippen molar-refractivity contribution in [3.8, 4) is 11.5 Å². The largest absolute Gasteiger partial charge is 0.454 e. The predicted molar refractivity (Wildman–Crippen MR) is 77.9 cm³/mol. The first-order valence-electron chi connectivity index (χ1n) is 6.17. The maximum atomic E-state index is 13.8. The molecule has 0 spiro atoms. The van der Waals surface area contributed by atoms with Crippen LogP contribution in [0.15, 0.2) is 28.7 Å². The van der Waals surface area contributed by atoms with Crippen LogP contribution in [0.2, 0.25) is 0 Å². The Bertz CT molecular complexity index is 689. The lowest BCUT2D eigenvalue weighted by Gasteiger charge is -2.16. The molecule has 112 valence electrons. The zero-order valence-corrected chi connectivity index (χ0v) is 13.0. The van der Waals surface area contributed by atoms with Gasteiger partial charge in [-0.2, -0.15) is 4.39 Å². The molecular formula is C15H13BrF3NO. The van der Waals surface area contributed by atoms with Crippen molar-refractivity contribution < 1.29 is 17.9 Å². The quantitative estimate of drug-likeness (QED) is 0.783. The second-order valence-electron chi connectivity index (χ2n) is 4.73. The lowest BCUT2D eigenvalue weighted by atomic mass is 10.0. The highest BCUT2D eigenvalue weighted by Gasteiger charge is 2.17. The molecule has 0 amide bonds. The highest BCUT2D eigenvalue weighted by atomic mass is 79.9. The van der Waals surface area contributed by atoms with Gasteiger partial charge in [0.2, 0.25) is 5.82 Å². The van der Waals surface area contributed by atoms with Crippen molar-refractivity contribution in [2.24, 2.45) is 5.73 Å². The summed E-state index contributed by atoms with van der Waals surface area (Å²) in [5, 5.41) is 0. The smallest absolute Gasteiger partial charge is 0.201 e. The SMILES string of the molecule is Cc1cc(Oc2cc(Br)cc(F)c2F)c([C@H](C)N)cc1F. The molecule has 2 nitrogen and oxygen atoms in total. The standard InChI is InChI=1S/C15H13BrF3NO/c1-7-3-13(10(8(2)20)6-11(7)17)21-14-5-9(16)4-12(18)15(14)19/h3-6,8H,20H2,1-2H3/t8-/m0/s1. The Morgan fingerprint density at radius 1 is 1.05 bits per heavy atom. The fourth-order valence-electron chi connectivity index (χ4n) is 1.84. The lowest BCUT2D eigenvalue weighted by molar-refractivity contribution is 0.409. The van der Waals surface area contributed by atoms with Crippen LogP contribution in [0.25, 0.3) is 0 Å². The molecule has 0 saturated carbocycles. The minimum Gasteiger partial charge on any atom is -0.454 e. The summed E-state index contributed by atoms with van der Waals surface area (Å²) in [5.74, 6) is -2.69. The normalized spacial score (nSPS) is 12.3. The Labute approximate surface area is 128 Å². The zero-order valence-electron chi connectivity index (χ0n) is 11.4. The summed E-state index contributed by atoms with van der Waals surface area (Å²) >= 11 is 3.06. The molecule has 1 atom stereocenters. The van der Waals surface area contributed by atoms with Gasteiger partial charge in [-0.1, -0.05) is 15.9 Å². The number of benzene rings is 2. The summed E-state index contributed by atoms with van der Waals surface area (Å²) < 4.78 is 46.5. The Balaban J connectivity index is 2.51. The minimum absolute atomic E-state index is 0.195. The number of aryl methyl sites for hydroxylation is 1. The highest BCUT2D eigenvalue weighted by Crippen LogP contribution is 2.34. The van der Waals surface area contributed by atoms with Gasteiger partial charge in [-0.05, 0) is 43.7 Å². The van der Waals surface area contributed by atoms with E-state index in [4.69, 9.17) is 10.5 Å². The zero-order chi connectivity index (χ0) is 15.7. The molecule has 2 rings (SSSR count). The fraction of sp³-hybridized carbons (Fsp3) is 0.200. The summed E-state index contributed by atoms with van der Waals surface area (Å²) in [4.78, 5) is 0. The van der Waals surface area contributed by atoms with Gasteiger partial charge in [-0.3, -0.25) is 0 Å². The first-order chi connectivity index (χ1) is 9.79. The number of ether oxygens (including phenoxy) is 1. The molecule has 0 radical (unpaired) electrons. The summed E-state index contributed by atoms with van der Waals surface area (Å²) in [6, 6.07) is 4.41. The van der Waals surface area contributed by atoms with E-state index in [-0.39, 0.29) is 11.5 Å². The monoisotopic (exact) mass is 359 g/mol. The average Bonchev–Trinajstić information content (AvgIpc) is 2.39. The van der Waals surface area contributed by atoms with Crippen LogP contribution in [-0.2, 0) is 0 Å². The van der Waals surface area contributed by atoms with Gasteiger partial charge in [0.05, 0.1) is 0 Å². The van der Waals surface area contributed by atoms with Gasteiger partial charge >= 0.3 is 0 Å². The fourth-order valence-corrected chi connectivity index (χ4v) is 2.25. The average molecular weight is 360 g/mol. The van der Waals surface area contributed by atoms with Crippen LogP contribution in [0.3, 0.4) is 0 Å². The maximum absolute atomic E-state index is 13.8. The van der Waals surface area contributed by atoms with Gasteiger partial charge in [-0.15, -0.1) is 0 Å². The number of halogens is 4. The van der Waals surface area contributed by atoms with Crippen molar-refractivity contribution in [3.63, 3.8) is 0 Å². The first-order valence-corrected chi connectivity index (χ1v) is 6.97. The Hall–Kier alpha value is -1.53. The van der Waals surface area contributed by atoms with Gasteiger partial charge in [0.25, 0.3) is 0 Å². The van der Waals surface area contributed by atoms with Crippen LogP contribution in [0, 0.1) is 24.4 Å². The molecule has 21 heavy (non-hydrogen) atoms. The van der Waals surface area contributed by atoms with Crippen molar-refractivity contribution >= 4 is 15.9 Å². The van der Waals surface area contributed by atoms with Crippen molar-refractivity contribution in [2.75, 3.05) is 0 Å². The van der Waals surface area contributed by atoms with E-state index < -0.39 is 23.5 Å². The van der Waals surface area contributed by atoms with Gasteiger partial charge in [0.15, 0.2) is 11.6 Å². The van der Waals surface area contributed by atoms with Crippen molar-refractivity contribution in [2.45, 2.75) is 19.9 Å². The van der Waals surface area contributed by atoms with E-state index >= 15 is 0 Å². The summed E-state index contributed by atoms with van der Waals surface area (Å²) in [6.45, 7) is 3.19. The molecule has 0 bridgehead atoms. The van der Waals surface area contributed by atoms with E-state index in [2.05, 4.69) is 15.9 Å². The number of hydrogen-bond donors (Lipinski definition) is 1. The van der Waals surface area contributed by atoms with Crippen LogP contribution in [0.5, 0.6) is 11.5 Å². The van der Waals surface area contributed by atoms with Crippen molar-refractivity contribution in [3.05, 3.63) is 57.3 Å². The minimum atomic E-state index is -1.11. The molecule has 2 aromatic rings. The van der Waals surface area contributed by atoms with E-state index in [1.165, 1.54) is 18.2 Å². The lowest BCUT2D eigenvalue weighted by Crippen LogP contribution is -2.08. The van der Waals surface area contributed by atoms with E-state index in [0.29, 0.717) is 15.6 Å². The molecule has 2 aromatic carbocycles.